The van der Waals surface area contributed by atoms with Crippen LogP contribution >= 0.6 is 0 Å². The standard InChI is InChI=1S/C18H28N2O3/c1-14-7-5-6-8-16(14)19-10-11-20(15(13-19)9-12-21)17(22)23-18(2,3)4/h5-8,15,21H,9-13H2,1-4H3. The fraction of sp³-hybridized carbons (Fsp3) is 0.611. The predicted molar refractivity (Wildman–Crippen MR) is 91.8 cm³/mol. The van der Waals surface area contributed by atoms with Gasteiger partial charge in [0.1, 0.15) is 5.60 Å². The smallest absolute Gasteiger partial charge is 0.410 e. The molecule has 0 aliphatic carbocycles. The monoisotopic (exact) mass is 320 g/mol. The number of para-hydroxylation sites is 1. The molecule has 1 fully saturated rings. The number of carbonyl (C=O) groups excluding carboxylic acids is 1. The maximum absolute atomic E-state index is 12.4. The molecule has 0 saturated carbocycles. The van der Waals surface area contributed by atoms with Gasteiger partial charge in [-0.1, -0.05) is 18.2 Å². The maximum Gasteiger partial charge on any atom is 0.410 e. The first-order valence-corrected chi connectivity index (χ1v) is 8.23. The molecular weight excluding hydrogens is 292 g/mol. The van der Waals surface area contributed by atoms with Crippen LogP contribution < -0.4 is 4.90 Å². The van der Waals surface area contributed by atoms with Gasteiger partial charge in [0.15, 0.2) is 0 Å². The Morgan fingerprint density at radius 3 is 2.61 bits per heavy atom. The molecule has 5 nitrogen and oxygen atoms in total. The van der Waals surface area contributed by atoms with Gasteiger partial charge in [-0.05, 0) is 45.7 Å². The number of aliphatic hydroxyl groups is 1. The van der Waals surface area contributed by atoms with Crippen molar-refractivity contribution >= 4 is 11.8 Å². The van der Waals surface area contributed by atoms with E-state index in [4.69, 9.17) is 4.74 Å². The van der Waals surface area contributed by atoms with Crippen molar-refractivity contribution in [2.24, 2.45) is 0 Å². The zero-order chi connectivity index (χ0) is 17.0. The Labute approximate surface area is 138 Å². The first-order valence-electron chi connectivity index (χ1n) is 8.23. The highest BCUT2D eigenvalue weighted by atomic mass is 16.6. The summed E-state index contributed by atoms with van der Waals surface area (Å²) in [5.41, 5.74) is 1.91. The van der Waals surface area contributed by atoms with E-state index >= 15 is 0 Å². The number of aliphatic hydroxyl groups excluding tert-OH is 1. The second kappa shape index (κ2) is 7.21. The molecule has 0 bridgehead atoms. The van der Waals surface area contributed by atoms with Gasteiger partial charge in [-0.25, -0.2) is 4.79 Å². The van der Waals surface area contributed by atoms with Gasteiger partial charge in [0.05, 0.1) is 6.04 Å². The van der Waals surface area contributed by atoms with Crippen LogP contribution in [0, 0.1) is 6.92 Å². The van der Waals surface area contributed by atoms with Crippen LogP contribution in [0.3, 0.4) is 0 Å². The summed E-state index contributed by atoms with van der Waals surface area (Å²) in [6, 6.07) is 8.22. The number of ether oxygens (including phenoxy) is 1. The fourth-order valence-electron chi connectivity index (χ4n) is 2.95. The van der Waals surface area contributed by atoms with Crippen LogP contribution in [0.5, 0.6) is 0 Å². The lowest BCUT2D eigenvalue weighted by molar-refractivity contribution is 0.0116. The average Bonchev–Trinajstić information content (AvgIpc) is 2.46. The van der Waals surface area contributed by atoms with Crippen molar-refractivity contribution in [2.45, 2.75) is 45.8 Å². The summed E-state index contributed by atoms with van der Waals surface area (Å²) in [5.74, 6) is 0. The van der Waals surface area contributed by atoms with Crippen molar-refractivity contribution in [2.75, 3.05) is 31.1 Å². The van der Waals surface area contributed by atoms with Crippen LogP contribution in [0.15, 0.2) is 24.3 Å². The minimum Gasteiger partial charge on any atom is -0.444 e. The number of hydrogen-bond acceptors (Lipinski definition) is 4. The number of anilines is 1. The van der Waals surface area contributed by atoms with Gasteiger partial charge in [-0.15, -0.1) is 0 Å². The molecule has 1 N–H and O–H groups in total. The Morgan fingerprint density at radius 1 is 1.30 bits per heavy atom. The van der Waals surface area contributed by atoms with Crippen molar-refractivity contribution in [3.05, 3.63) is 29.8 Å². The Hall–Kier alpha value is -1.75. The van der Waals surface area contributed by atoms with E-state index in [1.165, 1.54) is 11.3 Å². The van der Waals surface area contributed by atoms with Gasteiger partial charge in [0, 0.05) is 31.9 Å². The number of nitrogens with zero attached hydrogens (tertiary/aromatic N) is 2. The van der Waals surface area contributed by atoms with Gasteiger partial charge in [0.2, 0.25) is 0 Å². The Bertz CT molecular complexity index is 539. The van der Waals surface area contributed by atoms with E-state index < -0.39 is 5.60 Å². The lowest BCUT2D eigenvalue weighted by Crippen LogP contribution is -2.56. The molecule has 1 aromatic carbocycles. The fourth-order valence-corrected chi connectivity index (χ4v) is 2.95. The van der Waals surface area contributed by atoms with E-state index in [1.807, 2.05) is 32.9 Å². The summed E-state index contributed by atoms with van der Waals surface area (Å²) in [7, 11) is 0. The zero-order valence-corrected chi connectivity index (χ0v) is 14.6. The third-order valence-corrected chi connectivity index (χ3v) is 4.03. The highest BCUT2D eigenvalue weighted by Crippen LogP contribution is 2.25. The largest absolute Gasteiger partial charge is 0.444 e. The first-order chi connectivity index (χ1) is 10.8. The lowest BCUT2D eigenvalue weighted by atomic mass is 10.1. The molecule has 1 aliphatic rings. The predicted octanol–water partition coefficient (Wildman–Crippen LogP) is 2.80. The van der Waals surface area contributed by atoms with Crippen molar-refractivity contribution in [1.29, 1.82) is 0 Å². The summed E-state index contributed by atoms with van der Waals surface area (Å²) < 4.78 is 5.51. The minimum absolute atomic E-state index is 0.0387. The molecule has 0 aromatic heterocycles. The van der Waals surface area contributed by atoms with Gasteiger partial charge < -0.3 is 19.6 Å². The summed E-state index contributed by atoms with van der Waals surface area (Å²) in [6.45, 7) is 9.85. The van der Waals surface area contributed by atoms with Crippen molar-refractivity contribution in [3.63, 3.8) is 0 Å². The molecule has 1 aliphatic heterocycles. The Kier molecular flexibility index (Phi) is 5.52. The Morgan fingerprint density at radius 2 is 2.00 bits per heavy atom. The number of piperazine rings is 1. The van der Waals surface area contributed by atoms with Gasteiger partial charge >= 0.3 is 6.09 Å². The van der Waals surface area contributed by atoms with Crippen LogP contribution in [0.25, 0.3) is 0 Å². The summed E-state index contributed by atoms with van der Waals surface area (Å²) >= 11 is 0. The number of amides is 1. The van der Waals surface area contributed by atoms with Crippen molar-refractivity contribution in [3.8, 4) is 0 Å². The average molecular weight is 320 g/mol. The van der Waals surface area contributed by atoms with E-state index in [0.29, 0.717) is 19.5 Å². The molecule has 1 amide bonds. The molecule has 1 aromatic rings. The minimum atomic E-state index is -0.506. The van der Waals surface area contributed by atoms with E-state index in [9.17, 15) is 9.90 Å². The van der Waals surface area contributed by atoms with Crippen molar-refractivity contribution in [1.82, 2.24) is 4.90 Å². The summed E-state index contributed by atoms with van der Waals surface area (Å²) in [4.78, 5) is 16.5. The van der Waals surface area contributed by atoms with Crippen LogP contribution in [0.2, 0.25) is 0 Å². The molecule has 1 saturated heterocycles. The van der Waals surface area contributed by atoms with Gasteiger partial charge in [0.25, 0.3) is 0 Å². The molecule has 5 heteroatoms. The van der Waals surface area contributed by atoms with Crippen LogP contribution in [-0.2, 0) is 4.74 Å². The van der Waals surface area contributed by atoms with Gasteiger partial charge in [-0.2, -0.15) is 0 Å². The second-order valence-corrected chi connectivity index (χ2v) is 7.07. The second-order valence-electron chi connectivity index (χ2n) is 7.07. The van der Waals surface area contributed by atoms with Crippen LogP contribution in [0.4, 0.5) is 10.5 Å². The molecule has 0 radical (unpaired) electrons. The SMILES string of the molecule is Cc1ccccc1N1CCN(C(=O)OC(C)(C)C)C(CCO)C1. The zero-order valence-electron chi connectivity index (χ0n) is 14.6. The molecule has 1 atom stereocenters. The number of hydrogen-bond donors (Lipinski definition) is 1. The van der Waals surface area contributed by atoms with Crippen LogP contribution in [0.1, 0.15) is 32.8 Å². The highest BCUT2D eigenvalue weighted by molar-refractivity contribution is 5.69. The van der Waals surface area contributed by atoms with Gasteiger partial charge in [-0.3, -0.25) is 0 Å². The van der Waals surface area contributed by atoms with E-state index in [2.05, 4.69) is 24.0 Å². The lowest BCUT2D eigenvalue weighted by Gasteiger charge is -2.43. The number of aryl methyl sites for hydroxylation is 1. The third-order valence-electron chi connectivity index (χ3n) is 4.03. The number of rotatable bonds is 3. The maximum atomic E-state index is 12.4. The molecule has 128 valence electrons. The van der Waals surface area contributed by atoms with E-state index in [0.717, 1.165) is 6.54 Å². The van der Waals surface area contributed by atoms with E-state index in [1.54, 1.807) is 4.90 Å². The third kappa shape index (κ3) is 4.61. The first kappa shape index (κ1) is 17.6. The number of benzene rings is 1. The molecule has 0 spiro atoms. The summed E-state index contributed by atoms with van der Waals surface area (Å²) in [5, 5.41) is 9.36. The molecule has 2 rings (SSSR count). The summed E-state index contributed by atoms with van der Waals surface area (Å²) in [6.07, 6.45) is 0.266. The van der Waals surface area contributed by atoms with E-state index in [-0.39, 0.29) is 18.7 Å². The quantitative estimate of drug-likeness (QED) is 0.930. The van der Waals surface area contributed by atoms with Crippen LogP contribution in [-0.4, -0.2) is 54.0 Å². The Balaban J connectivity index is 2.11. The molecular formula is C18H28N2O3. The molecule has 23 heavy (non-hydrogen) atoms. The normalized spacial score (nSPS) is 18.9. The number of carbonyl (C=O) groups is 1. The molecule has 1 unspecified atom stereocenters. The molecule has 1 heterocycles. The highest BCUT2D eigenvalue weighted by Gasteiger charge is 2.33. The van der Waals surface area contributed by atoms with Crippen molar-refractivity contribution < 1.29 is 14.6 Å². The topological polar surface area (TPSA) is 53.0 Å².